The van der Waals surface area contributed by atoms with Crippen LogP contribution in [0, 0.1) is 5.82 Å². The van der Waals surface area contributed by atoms with Crippen molar-refractivity contribution in [3.63, 3.8) is 0 Å². The van der Waals surface area contributed by atoms with Gasteiger partial charge in [-0.3, -0.25) is 4.79 Å². The minimum Gasteiger partial charge on any atom is -0.338 e. The predicted molar refractivity (Wildman–Crippen MR) is 82.9 cm³/mol. The summed E-state index contributed by atoms with van der Waals surface area (Å²) in [4.78, 5) is 15.8. The van der Waals surface area contributed by atoms with Crippen molar-refractivity contribution >= 4 is 17.2 Å². The van der Waals surface area contributed by atoms with Gasteiger partial charge >= 0.3 is 0 Å². The first-order valence-electron chi connectivity index (χ1n) is 7.22. The van der Waals surface area contributed by atoms with Gasteiger partial charge in [-0.15, -0.1) is 11.3 Å². The van der Waals surface area contributed by atoms with Crippen LogP contribution in [0.1, 0.15) is 35.3 Å². The summed E-state index contributed by atoms with van der Waals surface area (Å²) in [6, 6.07) is 8.64. The van der Waals surface area contributed by atoms with Crippen molar-refractivity contribution in [2.45, 2.75) is 32.2 Å². The fourth-order valence-electron chi connectivity index (χ4n) is 2.78. The lowest BCUT2D eigenvalue weighted by atomic mass is 9.96. The van der Waals surface area contributed by atoms with E-state index in [1.165, 1.54) is 22.6 Å². The molecule has 1 aliphatic heterocycles. The van der Waals surface area contributed by atoms with Gasteiger partial charge in [-0.1, -0.05) is 19.1 Å². The zero-order valence-electron chi connectivity index (χ0n) is 12.0. The number of carbonyl (C=O) groups excluding carboxylic acids is 1. The molecule has 21 heavy (non-hydrogen) atoms. The highest BCUT2D eigenvalue weighted by atomic mass is 32.1. The Balaban J connectivity index is 1.64. The molecule has 2 heterocycles. The second-order valence-corrected chi connectivity index (χ2v) is 6.60. The molecule has 0 spiro atoms. The van der Waals surface area contributed by atoms with Crippen LogP contribution >= 0.6 is 11.3 Å². The van der Waals surface area contributed by atoms with Crippen molar-refractivity contribution in [1.29, 1.82) is 0 Å². The van der Waals surface area contributed by atoms with Crippen LogP contribution < -0.4 is 0 Å². The Hall–Kier alpha value is -1.68. The Kier molecular flexibility index (Phi) is 4.06. The maximum Gasteiger partial charge on any atom is 0.223 e. The lowest BCUT2D eigenvalue weighted by Gasteiger charge is -2.28. The number of amides is 1. The van der Waals surface area contributed by atoms with E-state index in [0.717, 1.165) is 18.5 Å². The molecule has 2 nitrogen and oxygen atoms in total. The number of fused-ring (bicyclic) bond motifs is 1. The van der Waals surface area contributed by atoms with Gasteiger partial charge in [0.1, 0.15) is 5.82 Å². The average molecular weight is 303 g/mol. The highest BCUT2D eigenvalue weighted by molar-refractivity contribution is 7.10. The number of benzene rings is 1. The molecule has 1 aromatic carbocycles. The van der Waals surface area contributed by atoms with E-state index in [4.69, 9.17) is 0 Å². The van der Waals surface area contributed by atoms with E-state index >= 15 is 0 Å². The van der Waals surface area contributed by atoms with E-state index < -0.39 is 0 Å². The topological polar surface area (TPSA) is 20.3 Å². The standard InChI is InChI=1S/C17H18FNOS/c1-12(13-3-2-4-15(18)10-13)9-17(20)19-7-5-16-14(11-19)6-8-21-16/h2-4,6,8,10,12H,5,7,9,11H2,1H3. The van der Waals surface area contributed by atoms with E-state index in [9.17, 15) is 9.18 Å². The minimum absolute atomic E-state index is 0.0390. The fourth-order valence-corrected chi connectivity index (χ4v) is 3.67. The van der Waals surface area contributed by atoms with Gasteiger partial charge in [-0.05, 0) is 47.0 Å². The highest BCUT2D eigenvalue weighted by Crippen LogP contribution is 2.26. The summed E-state index contributed by atoms with van der Waals surface area (Å²) in [6.07, 6.45) is 1.38. The molecular weight excluding hydrogens is 285 g/mol. The molecule has 1 unspecified atom stereocenters. The summed E-state index contributed by atoms with van der Waals surface area (Å²) >= 11 is 1.77. The molecule has 1 atom stereocenters. The van der Waals surface area contributed by atoms with Crippen LogP contribution in [0.3, 0.4) is 0 Å². The third-order valence-corrected chi connectivity index (χ3v) is 5.08. The first-order chi connectivity index (χ1) is 10.1. The lowest BCUT2D eigenvalue weighted by molar-refractivity contribution is -0.132. The van der Waals surface area contributed by atoms with E-state index in [1.54, 1.807) is 17.4 Å². The largest absolute Gasteiger partial charge is 0.338 e. The number of rotatable bonds is 3. The molecule has 3 rings (SSSR count). The number of halogens is 1. The Morgan fingerprint density at radius 3 is 3.10 bits per heavy atom. The molecule has 1 aliphatic rings. The van der Waals surface area contributed by atoms with Crippen molar-refractivity contribution in [3.05, 3.63) is 57.5 Å². The van der Waals surface area contributed by atoms with Gasteiger partial charge in [-0.25, -0.2) is 4.39 Å². The van der Waals surface area contributed by atoms with Crippen LogP contribution in [0.25, 0.3) is 0 Å². The van der Waals surface area contributed by atoms with E-state index in [0.29, 0.717) is 13.0 Å². The third kappa shape index (κ3) is 3.16. The van der Waals surface area contributed by atoms with E-state index in [2.05, 4.69) is 11.4 Å². The number of hydrogen-bond acceptors (Lipinski definition) is 2. The molecule has 0 bridgehead atoms. The first kappa shape index (κ1) is 14.3. The second-order valence-electron chi connectivity index (χ2n) is 5.59. The van der Waals surface area contributed by atoms with Crippen LogP contribution in [-0.4, -0.2) is 17.4 Å². The minimum atomic E-state index is -0.243. The number of nitrogens with zero attached hydrogens (tertiary/aromatic N) is 1. The molecule has 0 radical (unpaired) electrons. The van der Waals surface area contributed by atoms with Crippen molar-refractivity contribution in [2.24, 2.45) is 0 Å². The summed E-state index contributed by atoms with van der Waals surface area (Å²) in [6.45, 7) is 3.49. The summed E-state index contributed by atoms with van der Waals surface area (Å²) in [7, 11) is 0. The lowest BCUT2D eigenvalue weighted by Crippen LogP contribution is -2.35. The molecule has 0 N–H and O–H groups in total. The summed E-state index contributed by atoms with van der Waals surface area (Å²) in [5, 5.41) is 2.09. The van der Waals surface area contributed by atoms with Crippen LogP contribution in [0.2, 0.25) is 0 Å². The van der Waals surface area contributed by atoms with Crippen LogP contribution in [-0.2, 0) is 17.8 Å². The number of hydrogen-bond donors (Lipinski definition) is 0. The molecule has 1 aromatic heterocycles. The molecule has 110 valence electrons. The maximum atomic E-state index is 13.3. The van der Waals surface area contributed by atoms with Crippen LogP contribution in [0.15, 0.2) is 35.7 Å². The van der Waals surface area contributed by atoms with Gasteiger partial charge < -0.3 is 4.90 Å². The third-order valence-electron chi connectivity index (χ3n) is 4.06. The monoisotopic (exact) mass is 303 g/mol. The smallest absolute Gasteiger partial charge is 0.223 e. The Labute approximate surface area is 128 Å². The highest BCUT2D eigenvalue weighted by Gasteiger charge is 2.23. The van der Waals surface area contributed by atoms with Crippen LogP contribution in [0.5, 0.6) is 0 Å². The van der Waals surface area contributed by atoms with Gasteiger partial charge in [0.15, 0.2) is 0 Å². The molecule has 0 fully saturated rings. The van der Waals surface area contributed by atoms with Gasteiger partial charge in [0, 0.05) is 24.4 Å². The first-order valence-corrected chi connectivity index (χ1v) is 8.10. The van der Waals surface area contributed by atoms with Gasteiger partial charge in [0.25, 0.3) is 0 Å². The molecule has 1 amide bonds. The molecule has 0 aliphatic carbocycles. The summed E-state index contributed by atoms with van der Waals surface area (Å²) in [5.41, 5.74) is 2.16. The molecule has 4 heteroatoms. The zero-order chi connectivity index (χ0) is 14.8. The van der Waals surface area contributed by atoms with Crippen LogP contribution in [0.4, 0.5) is 4.39 Å². The number of thiophene rings is 1. The number of carbonyl (C=O) groups is 1. The van der Waals surface area contributed by atoms with E-state index in [-0.39, 0.29) is 17.6 Å². The Morgan fingerprint density at radius 2 is 2.29 bits per heavy atom. The normalized spacial score (nSPS) is 15.6. The van der Waals surface area contributed by atoms with Crippen molar-refractivity contribution in [2.75, 3.05) is 6.54 Å². The summed E-state index contributed by atoms with van der Waals surface area (Å²) in [5.74, 6) is -0.0478. The molecular formula is C17H18FNOS. The maximum absolute atomic E-state index is 13.3. The fraction of sp³-hybridized carbons (Fsp3) is 0.353. The molecule has 0 saturated heterocycles. The van der Waals surface area contributed by atoms with Crippen molar-refractivity contribution < 1.29 is 9.18 Å². The average Bonchev–Trinajstić information content (AvgIpc) is 2.94. The van der Waals surface area contributed by atoms with Crippen molar-refractivity contribution in [3.8, 4) is 0 Å². The molecule has 0 saturated carbocycles. The van der Waals surface area contributed by atoms with E-state index in [1.807, 2.05) is 17.9 Å². The predicted octanol–water partition coefficient (Wildman–Crippen LogP) is 3.97. The quantitative estimate of drug-likeness (QED) is 0.840. The van der Waals surface area contributed by atoms with Gasteiger partial charge in [0.2, 0.25) is 5.91 Å². The SMILES string of the molecule is CC(CC(=O)N1CCc2sccc2C1)c1cccc(F)c1. The second kappa shape index (κ2) is 5.98. The Morgan fingerprint density at radius 1 is 1.43 bits per heavy atom. The zero-order valence-corrected chi connectivity index (χ0v) is 12.8. The van der Waals surface area contributed by atoms with Crippen molar-refractivity contribution in [1.82, 2.24) is 4.90 Å². The Bertz CT molecular complexity index is 652. The summed E-state index contributed by atoms with van der Waals surface area (Å²) < 4.78 is 13.3. The van der Waals surface area contributed by atoms with Gasteiger partial charge in [0.05, 0.1) is 0 Å². The molecule has 2 aromatic rings. The van der Waals surface area contributed by atoms with Gasteiger partial charge in [-0.2, -0.15) is 0 Å².